The lowest BCUT2D eigenvalue weighted by atomic mass is 9.70. The number of ether oxygens (including phenoxy) is 2. The zero-order chi connectivity index (χ0) is 42.2. The number of anilines is 3. The molecule has 13 rings (SSSR count). The van der Waals surface area contributed by atoms with Crippen molar-refractivity contribution in [3.05, 3.63) is 259 Å². The van der Waals surface area contributed by atoms with Gasteiger partial charge in [-0.2, -0.15) is 0 Å². The highest BCUT2D eigenvalue weighted by atomic mass is 16.6. The van der Waals surface area contributed by atoms with E-state index in [1.54, 1.807) is 0 Å². The molecule has 10 aromatic carbocycles. The number of fused-ring (bicyclic) bond motifs is 12. The summed E-state index contributed by atoms with van der Waals surface area (Å²) in [4.78, 5) is 2.33. The molecule has 64 heavy (non-hydrogen) atoms. The molecule has 300 valence electrons. The predicted molar refractivity (Wildman–Crippen MR) is 260 cm³/mol. The van der Waals surface area contributed by atoms with Crippen molar-refractivity contribution < 1.29 is 9.47 Å². The predicted octanol–water partition coefficient (Wildman–Crippen LogP) is 16.4. The van der Waals surface area contributed by atoms with Gasteiger partial charge in [0.05, 0.1) is 5.41 Å². The van der Waals surface area contributed by atoms with Crippen LogP contribution in [-0.4, -0.2) is 0 Å². The summed E-state index contributed by atoms with van der Waals surface area (Å²) in [7, 11) is 0. The Labute approximate surface area is 372 Å². The third-order valence-corrected chi connectivity index (χ3v) is 13.4. The Balaban J connectivity index is 0.890. The van der Waals surface area contributed by atoms with Crippen molar-refractivity contribution in [1.82, 2.24) is 0 Å². The number of nitrogens with zero attached hydrogens (tertiary/aromatic N) is 1. The van der Waals surface area contributed by atoms with Gasteiger partial charge in [0.15, 0.2) is 23.0 Å². The molecular formula is C61H39NO2. The second-order valence-electron chi connectivity index (χ2n) is 16.8. The molecule has 3 nitrogen and oxygen atoms in total. The highest BCUT2D eigenvalue weighted by Crippen LogP contribution is 2.65. The SMILES string of the molecule is c1ccc(-c2ccc(-c3ccc(N(c4ccccc4)c4ccc(-c5ccc6c(c5)C5(c7ccccc7-c7ccccc75)c5cc7c(cc5-6)Oc5ccccc5O7)cc4)cc3)cc2)cc1. The zero-order valence-electron chi connectivity index (χ0n) is 34.8. The Bertz CT molecular complexity index is 3370. The van der Waals surface area contributed by atoms with Crippen LogP contribution in [0.15, 0.2) is 237 Å². The minimum atomic E-state index is -0.538. The lowest BCUT2D eigenvalue weighted by molar-refractivity contribution is 0.359. The number of rotatable bonds is 6. The molecule has 0 N–H and O–H groups in total. The smallest absolute Gasteiger partial charge is 0.170 e. The van der Waals surface area contributed by atoms with Crippen molar-refractivity contribution in [3.8, 4) is 78.6 Å². The highest BCUT2D eigenvalue weighted by Gasteiger charge is 2.52. The third-order valence-electron chi connectivity index (χ3n) is 13.4. The van der Waals surface area contributed by atoms with Crippen LogP contribution in [-0.2, 0) is 5.41 Å². The van der Waals surface area contributed by atoms with Crippen molar-refractivity contribution in [1.29, 1.82) is 0 Å². The zero-order valence-corrected chi connectivity index (χ0v) is 34.8. The molecule has 1 aliphatic heterocycles. The van der Waals surface area contributed by atoms with E-state index in [0.29, 0.717) is 0 Å². The molecule has 0 amide bonds. The Morgan fingerprint density at radius 2 is 0.641 bits per heavy atom. The molecule has 1 spiro atoms. The molecule has 0 bridgehead atoms. The molecule has 3 aliphatic rings. The first-order valence-electron chi connectivity index (χ1n) is 21.9. The van der Waals surface area contributed by atoms with Crippen LogP contribution < -0.4 is 14.4 Å². The Kier molecular flexibility index (Phi) is 8.13. The summed E-state index contributed by atoms with van der Waals surface area (Å²) in [6.45, 7) is 0. The lowest BCUT2D eigenvalue weighted by Crippen LogP contribution is -2.26. The molecule has 2 aliphatic carbocycles. The van der Waals surface area contributed by atoms with Crippen LogP contribution in [0.4, 0.5) is 17.1 Å². The average Bonchev–Trinajstić information content (AvgIpc) is 3.82. The molecule has 3 heteroatoms. The number of hydrogen-bond acceptors (Lipinski definition) is 3. The van der Waals surface area contributed by atoms with Gasteiger partial charge in [-0.05, 0) is 145 Å². The first-order chi connectivity index (χ1) is 31.7. The molecule has 0 unspecified atom stereocenters. The molecule has 0 saturated heterocycles. The fourth-order valence-electron chi connectivity index (χ4n) is 10.5. The van der Waals surface area contributed by atoms with Crippen LogP contribution in [0, 0.1) is 0 Å². The van der Waals surface area contributed by atoms with E-state index in [1.807, 2.05) is 24.3 Å². The van der Waals surface area contributed by atoms with Gasteiger partial charge in [-0.1, -0.05) is 170 Å². The van der Waals surface area contributed by atoms with E-state index in [0.717, 1.165) is 51.2 Å². The molecular weight excluding hydrogens is 779 g/mol. The van der Waals surface area contributed by atoms with Crippen molar-refractivity contribution in [3.63, 3.8) is 0 Å². The highest BCUT2D eigenvalue weighted by molar-refractivity contribution is 5.97. The van der Waals surface area contributed by atoms with E-state index in [2.05, 4.69) is 217 Å². The third kappa shape index (κ3) is 5.54. The fourth-order valence-corrected chi connectivity index (χ4v) is 10.5. The maximum Gasteiger partial charge on any atom is 0.170 e. The van der Waals surface area contributed by atoms with E-state index in [9.17, 15) is 0 Å². The summed E-state index contributed by atoms with van der Waals surface area (Å²) in [6.07, 6.45) is 0. The average molecular weight is 818 g/mol. The molecule has 10 aromatic rings. The minimum absolute atomic E-state index is 0.538. The van der Waals surface area contributed by atoms with E-state index < -0.39 is 5.41 Å². The van der Waals surface area contributed by atoms with Gasteiger partial charge >= 0.3 is 0 Å². The van der Waals surface area contributed by atoms with Gasteiger partial charge in [-0.3, -0.25) is 0 Å². The summed E-state index contributed by atoms with van der Waals surface area (Å²) >= 11 is 0. The second-order valence-corrected chi connectivity index (χ2v) is 16.8. The van der Waals surface area contributed by atoms with Crippen LogP contribution in [0.3, 0.4) is 0 Å². The minimum Gasteiger partial charge on any atom is -0.450 e. The Morgan fingerprint density at radius 1 is 0.250 bits per heavy atom. The maximum atomic E-state index is 6.58. The van der Waals surface area contributed by atoms with Gasteiger partial charge < -0.3 is 14.4 Å². The Morgan fingerprint density at radius 3 is 1.22 bits per heavy atom. The Hall–Kier alpha value is -8.40. The van der Waals surface area contributed by atoms with Gasteiger partial charge in [0.25, 0.3) is 0 Å². The molecule has 0 saturated carbocycles. The van der Waals surface area contributed by atoms with E-state index in [1.165, 1.54) is 66.8 Å². The quantitative estimate of drug-likeness (QED) is 0.167. The van der Waals surface area contributed by atoms with Gasteiger partial charge in [0, 0.05) is 17.1 Å². The normalized spacial score (nSPS) is 13.1. The summed E-state index contributed by atoms with van der Waals surface area (Å²) in [6, 6.07) is 85.1. The van der Waals surface area contributed by atoms with Gasteiger partial charge in [0.1, 0.15) is 0 Å². The number of benzene rings is 10. The van der Waals surface area contributed by atoms with Crippen molar-refractivity contribution in [2.75, 3.05) is 4.90 Å². The maximum absolute atomic E-state index is 6.58. The van der Waals surface area contributed by atoms with Crippen molar-refractivity contribution in [2.45, 2.75) is 5.41 Å². The molecule has 0 atom stereocenters. The molecule has 0 fully saturated rings. The van der Waals surface area contributed by atoms with Crippen LogP contribution in [0.5, 0.6) is 23.0 Å². The molecule has 0 aromatic heterocycles. The first kappa shape index (κ1) is 36.3. The number of para-hydroxylation sites is 3. The van der Waals surface area contributed by atoms with Gasteiger partial charge in [-0.25, -0.2) is 0 Å². The van der Waals surface area contributed by atoms with Crippen LogP contribution in [0.2, 0.25) is 0 Å². The number of hydrogen-bond donors (Lipinski definition) is 0. The van der Waals surface area contributed by atoms with E-state index in [-0.39, 0.29) is 0 Å². The second kappa shape index (κ2) is 14.3. The topological polar surface area (TPSA) is 21.7 Å². The van der Waals surface area contributed by atoms with Crippen LogP contribution in [0.1, 0.15) is 22.3 Å². The van der Waals surface area contributed by atoms with Crippen molar-refractivity contribution >= 4 is 17.1 Å². The first-order valence-corrected chi connectivity index (χ1v) is 21.9. The van der Waals surface area contributed by atoms with Crippen LogP contribution >= 0.6 is 0 Å². The largest absolute Gasteiger partial charge is 0.450 e. The van der Waals surface area contributed by atoms with Crippen LogP contribution in [0.25, 0.3) is 55.6 Å². The summed E-state index contributed by atoms with van der Waals surface area (Å²) < 4.78 is 13.1. The van der Waals surface area contributed by atoms with Gasteiger partial charge in [0.2, 0.25) is 0 Å². The van der Waals surface area contributed by atoms with E-state index >= 15 is 0 Å². The summed E-state index contributed by atoms with van der Waals surface area (Å²) in [5, 5.41) is 0. The standard InChI is InChI=1S/C61H39NO2/c1-3-13-40(14-4-1)41-23-25-42(26-24-41)43-27-32-47(33-28-43)62(46-15-5-2-6-16-46)48-34-29-44(30-35-48)45-31-36-51-52-38-59-60(64-58-22-12-11-21-57(58)63-59)39-56(52)61(55(51)37-45)53-19-9-7-17-49(53)50-18-8-10-20-54(50)61/h1-39H. The van der Waals surface area contributed by atoms with Gasteiger partial charge in [-0.15, -0.1) is 0 Å². The monoisotopic (exact) mass is 817 g/mol. The molecule has 1 heterocycles. The summed E-state index contributed by atoms with van der Waals surface area (Å²) in [5.41, 5.74) is 19.8. The molecule has 0 radical (unpaired) electrons. The lowest BCUT2D eigenvalue weighted by Gasteiger charge is -2.31. The van der Waals surface area contributed by atoms with E-state index in [4.69, 9.17) is 9.47 Å². The fraction of sp³-hybridized carbons (Fsp3) is 0.0164. The van der Waals surface area contributed by atoms with Crippen molar-refractivity contribution in [2.24, 2.45) is 0 Å². The summed E-state index contributed by atoms with van der Waals surface area (Å²) in [5.74, 6) is 2.92.